The SMILES string of the molecule is CCCCCCCCCCCCCCN(C(C)O)C(C)O.[NaH]. The maximum absolute atomic E-state index is 9.53. The summed E-state index contributed by atoms with van der Waals surface area (Å²) in [4.78, 5) is 1.73. The van der Waals surface area contributed by atoms with Crippen molar-refractivity contribution in [3.8, 4) is 0 Å². The number of hydrogen-bond donors (Lipinski definition) is 2. The molecule has 0 saturated carbocycles. The van der Waals surface area contributed by atoms with E-state index in [2.05, 4.69) is 6.92 Å². The topological polar surface area (TPSA) is 43.7 Å². The van der Waals surface area contributed by atoms with Crippen molar-refractivity contribution in [3.05, 3.63) is 0 Å². The molecule has 2 unspecified atom stereocenters. The molecule has 0 heterocycles. The van der Waals surface area contributed by atoms with Gasteiger partial charge in [0.1, 0.15) is 12.5 Å². The van der Waals surface area contributed by atoms with Gasteiger partial charge in [0.25, 0.3) is 0 Å². The normalized spacial score (nSPS) is 13.9. The molecule has 130 valence electrons. The molecule has 0 aliphatic heterocycles. The molecule has 4 heteroatoms. The van der Waals surface area contributed by atoms with Crippen LogP contribution in [0.5, 0.6) is 0 Å². The van der Waals surface area contributed by atoms with Crippen LogP contribution < -0.4 is 0 Å². The minimum atomic E-state index is -0.558. The van der Waals surface area contributed by atoms with Crippen LogP contribution in [0, 0.1) is 0 Å². The van der Waals surface area contributed by atoms with E-state index in [0.717, 1.165) is 13.0 Å². The van der Waals surface area contributed by atoms with E-state index in [9.17, 15) is 10.2 Å². The van der Waals surface area contributed by atoms with Crippen molar-refractivity contribution in [1.29, 1.82) is 0 Å². The van der Waals surface area contributed by atoms with Gasteiger partial charge >= 0.3 is 29.6 Å². The van der Waals surface area contributed by atoms with Crippen LogP contribution in [0.2, 0.25) is 0 Å². The van der Waals surface area contributed by atoms with Crippen LogP contribution in [0.3, 0.4) is 0 Å². The molecule has 2 atom stereocenters. The minimum absolute atomic E-state index is 0. The first-order chi connectivity index (χ1) is 10.1. The molecule has 0 saturated heterocycles. The van der Waals surface area contributed by atoms with Crippen LogP contribution in [-0.4, -0.2) is 63.7 Å². The molecule has 0 bridgehead atoms. The molecule has 3 nitrogen and oxygen atoms in total. The fourth-order valence-corrected chi connectivity index (χ4v) is 2.82. The first kappa shape index (κ1) is 25.1. The summed E-state index contributed by atoms with van der Waals surface area (Å²) in [5.41, 5.74) is 0. The average Bonchev–Trinajstić information content (AvgIpc) is 2.43. The number of aliphatic hydroxyl groups excluding tert-OH is 2. The molecule has 0 rings (SSSR count). The van der Waals surface area contributed by atoms with Crippen molar-refractivity contribution in [3.63, 3.8) is 0 Å². The first-order valence-electron chi connectivity index (χ1n) is 9.21. The summed E-state index contributed by atoms with van der Waals surface area (Å²) in [5.74, 6) is 0. The number of aliphatic hydroxyl groups is 2. The molecule has 0 amide bonds. The van der Waals surface area contributed by atoms with Crippen LogP contribution in [0.15, 0.2) is 0 Å². The Hall–Kier alpha value is 0.880. The molecule has 0 radical (unpaired) electrons. The molecule has 0 aromatic rings. The Balaban J connectivity index is 0. The summed E-state index contributed by atoms with van der Waals surface area (Å²) < 4.78 is 0. The predicted octanol–water partition coefficient (Wildman–Crippen LogP) is 4.02. The summed E-state index contributed by atoms with van der Waals surface area (Å²) >= 11 is 0. The summed E-state index contributed by atoms with van der Waals surface area (Å²) in [6.45, 7) is 6.48. The van der Waals surface area contributed by atoms with Gasteiger partial charge in [-0.15, -0.1) is 0 Å². The van der Waals surface area contributed by atoms with Gasteiger partial charge in [0.05, 0.1) is 0 Å². The standard InChI is InChI=1S/C18H39NO2.Na.H/c1-4-5-6-7-8-9-10-11-12-13-14-15-16-19(17(2)20)18(3)21;;/h17-18,20-21H,4-16H2,1-3H3;;. The van der Waals surface area contributed by atoms with Gasteiger partial charge in [0.15, 0.2) is 0 Å². The molecular weight excluding hydrogens is 285 g/mol. The third-order valence-corrected chi connectivity index (χ3v) is 4.23. The van der Waals surface area contributed by atoms with Crippen LogP contribution in [0.25, 0.3) is 0 Å². The van der Waals surface area contributed by atoms with Gasteiger partial charge in [0, 0.05) is 6.54 Å². The van der Waals surface area contributed by atoms with E-state index < -0.39 is 12.5 Å². The van der Waals surface area contributed by atoms with Crippen molar-refractivity contribution in [1.82, 2.24) is 4.90 Å². The van der Waals surface area contributed by atoms with Crippen LogP contribution >= 0.6 is 0 Å². The fraction of sp³-hybridized carbons (Fsp3) is 1.00. The zero-order valence-electron chi connectivity index (χ0n) is 14.7. The van der Waals surface area contributed by atoms with Crippen molar-refractivity contribution in [2.24, 2.45) is 0 Å². The van der Waals surface area contributed by atoms with Crippen LogP contribution in [0.4, 0.5) is 0 Å². The van der Waals surface area contributed by atoms with Gasteiger partial charge < -0.3 is 10.2 Å². The van der Waals surface area contributed by atoms with Gasteiger partial charge in [-0.25, -0.2) is 0 Å². The molecule has 0 aromatic carbocycles. The van der Waals surface area contributed by atoms with E-state index in [1.54, 1.807) is 18.7 Å². The first-order valence-corrected chi connectivity index (χ1v) is 9.21. The third kappa shape index (κ3) is 15.8. The summed E-state index contributed by atoms with van der Waals surface area (Å²) in [6.07, 6.45) is 14.9. The molecule has 0 aromatic heterocycles. The molecule has 0 aliphatic carbocycles. The molecular formula is C18H40NNaO2. The van der Waals surface area contributed by atoms with Crippen LogP contribution in [0.1, 0.15) is 97.8 Å². The zero-order valence-corrected chi connectivity index (χ0v) is 14.7. The fourth-order valence-electron chi connectivity index (χ4n) is 2.82. The van der Waals surface area contributed by atoms with E-state index in [0.29, 0.717) is 0 Å². The zero-order chi connectivity index (χ0) is 15.9. The summed E-state index contributed by atoms with van der Waals surface area (Å²) in [7, 11) is 0. The van der Waals surface area contributed by atoms with E-state index in [1.807, 2.05) is 0 Å². The van der Waals surface area contributed by atoms with Crippen molar-refractivity contribution >= 4 is 29.6 Å². The Morgan fingerprint density at radius 2 is 0.955 bits per heavy atom. The Labute approximate surface area is 161 Å². The molecule has 22 heavy (non-hydrogen) atoms. The molecule has 0 spiro atoms. The number of nitrogens with zero attached hydrogens (tertiary/aromatic N) is 1. The van der Waals surface area contributed by atoms with Crippen LogP contribution in [-0.2, 0) is 0 Å². The Morgan fingerprint density at radius 1 is 0.636 bits per heavy atom. The Morgan fingerprint density at radius 3 is 1.27 bits per heavy atom. The third-order valence-electron chi connectivity index (χ3n) is 4.23. The monoisotopic (exact) mass is 325 g/mol. The van der Waals surface area contributed by atoms with E-state index in [1.165, 1.54) is 70.6 Å². The van der Waals surface area contributed by atoms with Gasteiger partial charge in [-0.3, -0.25) is 4.90 Å². The van der Waals surface area contributed by atoms with E-state index in [4.69, 9.17) is 0 Å². The summed E-state index contributed by atoms with van der Waals surface area (Å²) in [5, 5.41) is 19.1. The number of unbranched alkanes of at least 4 members (excludes halogenated alkanes) is 11. The Kier molecular flexibility index (Phi) is 20.8. The average molecular weight is 326 g/mol. The number of rotatable bonds is 15. The second-order valence-corrected chi connectivity index (χ2v) is 6.39. The van der Waals surface area contributed by atoms with Crippen molar-refractivity contribution in [2.75, 3.05) is 6.54 Å². The molecule has 0 fully saturated rings. The Bertz CT molecular complexity index is 205. The van der Waals surface area contributed by atoms with Crippen molar-refractivity contribution in [2.45, 2.75) is 110 Å². The van der Waals surface area contributed by atoms with Gasteiger partial charge in [-0.05, 0) is 20.3 Å². The quantitative estimate of drug-likeness (QED) is 0.271. The maximum atomic E-state index is 9.53. The second-order valence-electron chi connectivity index (χ2n) is 6.39. The molecule has 2 N–H and O–H groups in total. The molecule has 0 aliphatic rings. The van der Waals surface area contributed by atoms with Gasteiger partial charge in [-0.2, -0.15) is 0 Å². The van der Waals surface area contributed by atoms with Gasteiger partial charge in [0.2, 0.25) is 0 Å². The van der Waals surface area contributed by atoms with Crippen molar-refractivity contribution < 1.29 is 10.2 Å². The van der Waals surface area contributed by atoms with E-state index in [-0.39, 0.29) is 29.6 Å². The predicted molar refractivity (Wildman–Crippen MR) is 98.3 cm³/mol. The summed E-state index contributed by atoms with van der Waals surface area (Å²) in [6, 6.07) is 0. The number of hydrogen-bond acceptors (Lipinski definition) is 3. The van der Waals surface area contributed by atoms with Gasteiger partial charge in [-0.1, -0.05) is 77.6 Å². The van der Waals surface area contributed by atoms with E-state index >= 15 is 0 Å². The second kappa shape index (κ2) is 18.2.